The maximum atomic E-state index is 12.1. The summed E-state index contributed by atoms with van der Waals surface area (Å²) in [6.07, 6.45) is 3.62. The molecule has 1 saturated carbocycles. The molecule has 0 aliphatic heterocycles. The van der Waals surface area contributed by atoms with Crippen molar-refractivity contribution in [3.63, 3.8) is 0 Å². The number of nitrogens with zero attached hydrogens (tertiary/aromatic N) is 2. The Hall–Kier alpha value is -0.890. The fourth-order valence-electron chi connectivity index (χ4n) is 2.02. The molecular formula is C12H19ClN4O2S. The molecule has 0 radical (unpaired) electrons. The Bertz CT molecular complexity index is 575. The normalized spacial score (nSPS) is 15.8. The summed E-state index contributed by atoms with van der Waals surface area (Å²) in [5.41, 5.74) is 5.47. The van der Waals surface area contributed by atoms with Crippen LogP contribution in [0.4, 0.5) is 5.82 Å². The van der Waals surface area contributed by atoms with Gasteiger partial charge in [-0.2, -0.15) is 0 Å². The number of hydrogen-bond donors (Lipinski definition) is 2. The molecule has 0 bridgehead atoms. The van der Waals surface area contributed by atoms with Crippen molar-refractivity contribution >= 4 is 27.4 Å². The largest absolute Gasteiger partial charge is 0.382 e. The van der Waals surface area contributed by atoms with Crippen molar-refractivity contribution in [2.75, 3.05) is 25.4 Å². The van der Waals surface area contributed by atoms with E-state index < -0.39 is 10.0 Å². The first-order valence-electron chi connectivity index (χ1n) is 6.58. The van der Waals surface area contributed by atoms with Gasteiger partial charge in [-0.25, -0.2) is 18.1 Å². The van der Waals surface area contributed by atoms with Gasteiger partial charge in [0.25, 0.3) is 0 Å². The van der Waals surface area contributed by atoms with Crippen LogP contribution in [-0.4, -0.2) is 44.0 Å². The zero-order valence-electron chi connectivity index (χ0n) is 11.3. The molecule has 0 unspecified atom stereocenters. The van der Waals surface area contributed by atoms with Crippen molar-refractivity contribution in [1.82, 2.24) is 14.6 Å². The Morgan fingerprint density at radius 3 is 2.80 bits per heavy atom. The van der Waals surface area contributed by atoms with Crippen LogP contribution in [0.5, 0.6) is 0 Å². The predicted octanol–water partition coefficient (Wildman–Crippen LogP) is 1.08. The monoisotopic (exact) mass is 318 g/mol. The van der Waals surface area contributed by atoms with Gasteiger partial charge in [-0.3, -0.25) is 4.90 Å². The van der Waals surface area contributed by atoms with E-state index in [0.29, 0.717) is 19.1 Å². The molecule has 0 atom stereocenters. The van der Waals surface area contributed by atoms with Crippen molar-refractivity contribution in [2.24, 2.45) is 0 Å². The number of sulfonamides is 1. The number of pyridine rings is 1. The number of likely N-dealkylation sites (N-methyl/N-ethyl adjacent to an activating group) is 1. The fraction of sp³-hybridized carbons (Fsp3) is 0.583. The first-order chi connectivity index (χ1) is 9.44. The van der Waals surface area contributed by atoms with Crippen LogP contribution in [0.1, 0.15) is 19.8 Å². The highest BCUT2D eigenvalue weighted by Crippen LogP contribution is 2.26. The first kappa shape index (κ1) is 15.5. The van der Waals surface area contributed by atoms with Crippen molar-refractivity contribution in [1.29, 1.82) is 0 Å². The second kappa shape index (κ2) is 6.26. The average molecular weight is 319 g/mol. The van der Waals surface area contributed by atoms with Crippen LogP contribution >= 0.6 is 11.6 Å². The Balaban J connectivity index is 1.94. The standard InChI is InChI=1S/C12H19ClN4O2S/c1-2-17(9-3-4-9)6-5-16-20(18,19)10-7-11(13)12(14)15-8-10/h7-9,16H,2-6H2,1H3,(H2,14,15). The maximum Gasteiger partial charge on any atom is 0.242 e. The molecule has 1 aliphatic rings. The molecule has 0 aromatic carbocycles. The van der Waals surface area contributed by atoms with Crippen molar-refractivity contribution in [2.45, 2.75) is 30.7 Å². The molecule has 112 valence electrons. The van der Waals surface area contributed by atoms with Gasteiger partial charge in [0.05, 0.1) is 5.02 Å². The van der Waals surface area contributed by atoms with Crippen LogP contribution in [-0.2, 0) is 10.0 Å². The number of anilines is 1. The maximum absolute atomic E-state index is 12.1. The third kappa shape index (κ3) is 3.82. The van der Waals surface area contributed by atoms with E-state index in [1.165, 1.54) is 25.1 Å². The van der Waals surface area contributed by atoms with E-state index in [2.05, 4.69) is 21.5 Å². The second-order valence-electron chi connectivity index (χ2n) is 4.80. The lowest BCUT2D eigenvalue weighted by molar-refractivity contribution is 0.282. The smallest absolute Gasteiger partial charge is 0.242 e. The number of nitrogens with two attached hydrogens (primary N) is 1. The molecule has 6 nitrogen and oxygen atoms in total. The van der Waals surface area contributed by atoms with E-state index in [-0.39, 0.29) is 15.7 Å². The van der Waals surface area contributed by atoms with Gasteiger partial charge >= 0.3 is 0 Å². The molecule has 0 saturated heterocycles. The third-order valence-electron chi connectivity index (χ3n) is 3.32. The summed E-state index contributed by atoms with van der Waals surface area (Å²) in [5, 5.41) is 0.140. The lowest BCUT2D eigenvalue weighted by Crippen LogP contribution is -2.36. The van der Waals surface area contributed by atoms with Crippen LogP contribution in [0, 0.1) is 0 Å². The quantitative estimate of drug-likeness (QED) is 0.785. The molecule has 20 heavy (non-hydrogen) atoms. The highest BCUT2D eigenvalue weighted by molar-refractivity contribution is 7.89. The number of rotatable bonds is 7. The topological polar surface area (TPSA) is 88.3 Å². The Kier molecular flexibility index (Phi) is 4.85. The molecule has 1 aliphatic carbocycles. The van der Waals surface area contributed by atoms with Gasteiger partial charge in [0.1, 0.15) is 10.7 Å². The van der Waals surface area contributed by atoms with Gasteiger partial charge in [0.2, 0.25) is 10.0 Å². The summed E-state index contributed by atoms with van der Waals surface area (Å²) in [5.74, 6) is 0.122. The summed E-state index contributed by atoms with van der Waals surface area (Å²) in [6, 6.07) is 1.93. The van der Waals surface area contributed by atoms with E-state index in [4.69, 9.17) is 17.3 Å². The lowest BCUT2D eigenvalue weighted by atomic mass is 10.4. The van der Waals surface area contributed by atoms with E-state index in [9.17, 15) is 8.42 Å². The molecule has 2 rings (SSSR count). The minimum Gasteiger partial charge on any atom is -0.382 e. The summed E-state index contributed by atoms with van der Waals surface area (Å²) in [6.45, 7) is 4.09. The Labute approximate surface area is 124 Å². The number of nitrogen functional groups attached to an aromatic ring is 1. The van der Waals surface area contributed by atoms with E-state index in [1.807, 2.05) is 0 Å². The molecule has 1 heterocycles. The van der Waals surface area contributed by atoms with Crippen molar-refractivity contribution in [3.8, 4) is 0 Å². The molecule has 1 fully saturated rings. The zero-order chi connectivity index (χ0) is 14.8. The van der Waals surface area contributed by atoms with E-state index >= 15 is 0 Å². The van der Waals surface area contributed by atoms with Crippen LogP contribution < -0.4 is 10.5 Å². The molecule has 1 aromatic heterocycles. The minimum atomic E-state index is -3.59. The van der Waals surface area contributed by atoms with Gasteiger partial charge in [-0.15, -0.1) is 0 Å². The molecule has 8 heteroatoms. The van der Waals surface area contributed by atoms with Crippen LogP contribution in [0.2, 0.25) is 5.02 Å². The molecule has 0 amide bonds. The average Bonchev–Trinajstić information content (AvgIpc) is 3.22. The zero-order valence-corrected chi connectivity index (χ0v) is 12.9. The van der Waals surface area contributed by atoms with E-state index in [1.54, 1.807) is 0 Å². The number of aromatic nitrogens is 1. The lowest BCUT2D eigenvalue weighted by Gasteiger charge is -2.19. The summed E-state index contributed by atoms with van der Waals surface area (Å²) >= 11 is 5.79. The van der Waals surface area contributed by atoms with E-state index in [0.717, 1.165) is 6.54 Å². The highest BCUT2D eigenvalue weighted by atomic mass is 35.5. The molecular weight excluding hydrogens is 300 g/mol. The summed E-state index contributed by atoms with van der Waals surface area (Å²) in [4.78, 5) is 6.07. The SMILES string of the molecule is CCN(CCNS(=O)(=O)c1cnc(N)c(Cl)c1)C1CC1. The van der Waals surface area contributed by atoms with Gasteiger partial charge in [-0.1, -0.05) is 18.5 Å². The van der Waals surface area contributed by atoms with Crippen LogP contribution in [0.3, 0.4) is 0 Å². The van der Waals surface area contributed by atoms with Gasteiger partial charge in [-0.05, 0) is 25.5 Å². The number of halogens is 1. The summed E-state index contributed by atoms with van der Waals surface area (Å²) in [7, 11) is -3.59. The second-order valence-corrected chi connectivity index (χ2v) is 6.97. The van der Waals surface area contributed by atoms with Gasteiger partial charge < -0.3 is 5.73 Å². The molecule has 3 N–H and O–H groups in total. The van der Waals surface area contributed by atoms with Gasteiger partial charge in [0.15, 0.2) is 0 Å². The first-order valence-corrected chi connectivity index (χ1v) is 8.45. The minimum absolute atomic E-state index is 0.0335. The predicted molar refractivity (Wildman–Crippen MR) is 79.1 cm³/mol. The Morgan fingerprint density at radius 2 is 2.25 bits per heavy atom. The van der Waals surface area contributed by atoms with Crippen LogP contribution in [0.25, 0.3) is 0 Å². The summed E-state index contributed by atoms with van der Waals surface area (Å²) < 4.78 is 26.7. The highest BCUT2D eigenvalue weighted by Gasteiger charge is 2.27. The molecule has 1 aromatic rings. The molecule has 0 spiro atoms. The third-order valence-corrected chi connectivity index (χ3v) is 5.05. The number of nitrogens with one attached hydrogen (secondary N) is 1. The van der Waals surface area contributed by atoms with Gasteiger partial charge in [0, 0.05) is 25.3 Å². The number of hydrogen-bond acceptors (Lipinski definition) is 5. The fourth-order valence-corrected chi connectivity index (χ4v) is 3.25. The van der Waals surface area contributed by atoms with Crippen molar-refractivity contribution in [3.05, 3.63) is 17.3 Å². The van der Waals surface area contributed by atoms with Crippen molar-refractivity contribution < 1.29 is 8.42 Å². The Morgan fingerprint density at radius 1 is 1.55 bits per heavy atom. The van der Waals surface area contributed by atoms with Crippen LogP contribution in [0.15, 0.2) is 17.2 Å².